The average Bonchev–Trinajstić information content (AvgIpc) is 2.11. The first-order chi connectivity index (χ1) is 6.45. The molecule has 0 heterocycles. The van der Waals surface area contributed by atoms with Gasteiger partial charge < -0.3 is 21.7 Å². The Morgan fingerprint density at radius 1 is 1.13 bits per heavy atom. The van der Waals surface area contributed by atoms with Gasteiger partial charge in [0.25, 0.3) is 0 Å². The molecular weight excluding hydrogens is 379 g/mol. The van der Waals surface area contributed by atoms with Crippen LogP contribution >= 0.6 is 0 Å². The molecule has 6 heteroatoms. The topological polar surface area (TPSA) is 110 Å². The van der Waals surface area contributed by atoms with Gasteiger partial charge in [0, 0.05) is 33.1 Å². The minimum Gasteiger partial charge on any atom is -0.502 e. The maximum absolute atomic E-state index is 9.35. The molecule has 1 aliphatic rings. The van der Waals surface area contributed by atoms with E-state index in [0.717, 1.165) is 12.8 Å². The van der Waals surface area contributed by atoms with Gasteiger partial charge in [-0.2, -0.15) is 0 Å². The molecule has 0 unspecified atom stereocenters. The molecule has 2 atom stereocenters. The number of carboxylic acids is 1. The van der Waals surface area contributed by atoms with Crippen molar-refractivity contribution in [3.05, 3.63) is 12.3 Å². The van der Waals surface area contributed by atoms with Crippen LogP contribution in [-0.2, 0) is 25.9 Å². The number of aliphatic hydroxyl groups is 1. The quantitative estimate of drug-likeness (QED) is 0.377. The third kappa shape index (κ3) is 8.60. The van der Waals surface area contributed by atoms with E-state index >= 15 is 0 Å². The maximum atomic E-state index is 9.35. The molecule has 0 amide bonds. The van der Waals surface area contributed by atoms with Crippen molar-refractivity contribution in [2.45, 2.75) is 37.8 Å². The SMILES string of the molecule is C=C(O)C(=O)O.N[C@@H]1CCCC[C@H]1N.[Pt]. The molecule has 1 fully saturated rings. The zero-order valence-electron chi connectivity index (χ0n) is 8.46. The van der Waals surface area contributed by atoms with E-state index in [1.54, 1.807) is 0 Å². The van der Waals surface area contributed by atoms with E-state index in [0.29, 0.717) is 0 Å². The largest absolute Gasteiger partial charge is 0.502 e. The van der Waals surface area contributed by atoms with E-state index in [1.165, 1.54) is 12.8 Å². The van der Waals surface area contributed by atoms with Gasteiger partial charge in [0.05, 0.1) is 0 Å². The van der Waals surface area contributed by atoms with E-state index in [-0.39, 0.29) is 33.1 Å². The summed E-state index contributed by atoms with van der Waals surface area (Å²) < 4.78 is 0. The number of hydrogen-bond acceptors (Lipinski definition) is 4. The molecule has 0 radical (unpaired) electrons. The van der Waals surface area contributed by atoms with E-state index in [1.807, 2.05) is 0 Å². The predicted octanol–water partition coefficient (Wildman–Crippen LogP) is 0.355. The molecule has 5 nitrogen and oxygen atoms in total. The van der Waals surface area contributed by atoms with Gasteiger partial charge in [-0.3, -0.25) is 0 Å². The van der Waals surface area contributed by atoms with Crippen molar-refractivity contribution < 1.29 is 36.1 Å². The number of carbonyl (C=O) groups is 1. The van der Waals surface area contributed by atoms with Crippen molar-refractivity contribution in [2.75, 3.05) is 0 Å². The molecule has 1 rings (SSSR count). The van der Waals surface area contributed by atoms with Crippen molar-refractivity contribution >= 4 is 5.97 Å². The molecule has 0 aromatic heterocycles. The van der Waals surface area contributed by atoms with Crippen molar-refractivity contribution in [2.24, 2.45) is 11.5 Å². The standard InChI is InChI=1S/C6H14N2.C3H4O3.Pt/c7-5-3-1-2-4-6(5)8;1-2(4)3(5)6;/h5-6H,1-4,7-8H2;4H,1H2,(H,5,6);/t5-,6-;;/m1../s1. The Bertz CT molecular complexity index is 190. The van der Waals surface area contributed by atoms with E-state index in [4.69, 9.17) is 21.7 Å². The van der Waals surface area contributed by atoms with E-state index in [2.05, 4.69) is 6.58 Å². The zero-order chi connectivity index (χ0) is 11.1. The van der Waals surface area contributed by atoms with Crippen LogP contribution in [0.5, 0.6) is 0 Å². The summed E-state index contributed by atoms with van der Waals surface area (Å²) in [6.45, 7) is 2.71. The van der Waals surface area contributed by atoms with Crippen LogP contribution in [0.4, 0.5) is 0 Å². The predicted molar refractivity (Wildman–Crippen MR) is 53.8 cm³/mol. The Balaban J connectivity index is 0. The Hall–Kier alpha value is -0.382. The number of nitrogens with two attached hydrogens (primary N) is 2. The summed E-state index contributed by atoms with van der Waals surface area (Å²) in [5.74, 6) is -2.20. The van der Waals surface area contributed by atoms with Crippen molar-refractivity contribution in [3.63, 3.8) is 0 Å². The number of rotatable bonds is 1. The molecular formula is C9H18N2O3Pt. The fourth-order valence-electron chi connectivity index (χ4n) is 1.19. The van der Waals surface area contributed by atoms with E-state index < -0.39 is 11.7 Å². The van der Waals surface area contributed by atoms with Crippen LogP contribution in [0.1, 0.15) is 25.7 Å². The maximum Gasteiger partial charge on any atom is 0.370 e. The Labute approximate surface area is 104 Å². The van der Waals surface area contributed by atoms with Gasteiger partial charge in [0.1, 0.15) is 0 Å². The minimum atomic E-state index is -1.38. The Morgan fingerprint density at radius 2 is 1.40 bits per heavy atom. The molecule has 92 valence electrons. The summed E-state index contributed by atoms with van der Waals surface area (Å²) in [5, 5.41) is 15.5. The zero-order valence-corrected chi connectivity index (χ0v) is 10.7. The number of aliphatic hydroxyl groups excluding tert-OH is 1. The van der Waals surface area contributed by atoms with Crippen molar-refractivity contribution in [3.8, 4) is 0 Å². The van der Waals surface area contributed by atoms with Crippen molar-refractivity contribution in [1.82, 2.24) is 0 Å². The van der Waals surface area contributed by atoms with Gasteiger partial charge in [-0.15, -0.1) is 0 Å². The second-order valence-corrected chi connectivity index (χ2v) is 3.36. The summed E-state index contributed by atoms with van der Waals surface area (Å²) in [7, 11) is 0. The van der Waals surface area contributed by atoms with Crippen LogP contribution < -0.4 is 11.5 Å². The summed E-state index contributed by atoms with van der Waals surface area (Å²) in [5.41, 5.74) is 11.3. The Morgan fingerprint density at radius 3 is 1.53 bits per heavy atom. The monoisotopic (exact) mass is 397 g/mol. The minimum absolute atomic E-state index is 0. The first-order valence-corrected chi connectivity index (χ1v) is 4.57. The van der Waals surface area contributed by atoms with Gasteiger partial charge in [-0.05, 0) is 19.4 Å². The number of aliphatic carboxylic acids is 1. The van der Waals surface area contributed by atoms with E-state index in [9.17, 15) is 4.79 Å². The summed E-state index contributed by atoms with van der Waals surface area (Å²) in [4.78, 5) is 9.35. The molecule has 0 spiro atoms. The molecule has 0 aromatic carbocycles. The Kier molecular flexibility index (Phi) is 10.1. The first-order valence-electron chi connectivity index (χ1n) is 4.57. The van der Waals surface area contributed by atoms with Crippen LogP contribution in [0.2, 0.25) is 0 Å². The second kappa shape index (κ2) is 8.89. The van der Waals surface area contributed by atoms with Crippen LogP contribution in [0.3, 0.4) is 0 Å². The fourth-order valence-corrected chi connectivity index (χ4v) is 1.19. The first kappa shape index (κ1) is 17.0. The average molecular weight is 397 g/mol. The normalized spacial score (nSPS) is 24.1. The molecule has 0 saturated heterocycles. The molecule has 1 aliphatic carbocycles. The molecule has 6 N–H and O–H groups in total. The number of carboxylic acid groups (broad SMARTS) is 1. The van der Waals surface area contributed by atoms with Crippen molar-refractivity contribution in [1.29, 1.82) is 0 Å². The third-order valence-electron chi connectivity index (χ3n) is 2.12. The van der Waals surface area contributed by atoms with Gasteiger partial charge in [-0.1, -0.05) is 12.8 Å². The van der Waals surface area contributed by atoms with Crippen LogP contribution in [-0.4, -0.2) is 28.3 Å². The smallest absolute Gasteiger partial charge is 0.370 e. The molecule has 0 aliphatic heterocycles. The molecule has 15 heavy (non-hydrogen) atoms. The number of hydrogen-bond donors (Lipinski definition) is 4. The molecule has 0 aromatic rings. The third-order valence-corrected chi connectivity index (χ3v) is 2.12. The van der Waals surface area contributed by atoms with Gasteiger partial charge in [0.15, 0.2) is 5.76 Å². The van der Waals surface area contributed by atoms with Gasteiger partial charge in [0.2, 0.25) is 0 Å². The summed E-state index contributed by atoms with van der Waals surface area (Å²) in [6.07, 6.45) is 4.80. The van der Waals surface area contributed by atoms with Crippen LogP contribution in [0.25, 0.3) is 0 Å². The second-order valence-electron chi connectivity index (χ2n) is 3.36. The van der Waals surface area contributed by atoms with Gasteiger partial charge >= 0.3 is 5.97 Å². The van der Waals surface area contributed by atoms with Gasteiger partial charge in [-0.25, -0.2) is 4.79 Å². The molecule has 1 saturated carbocycles. The summed E-state index contributed by atoms with van der Waals surface area (Å²) in [6, 6.07) is 0.562. The summed E-state index contributed by atoms with van der Waals surface area (Å²) >= 11 is 0. The van der Waals surface area contributed by atoms with Crippen LogP contribution in [0.15, 0.2) is 12.3 Å². The molecule has 0 bridgehead atoms. The fraction of sp³-hybridized carbons (Fsp3) is 0.667. The van der Waals surface area contributed by atoms with Crippen LogP contribution in [0, 0.1) is 0 Å².